The molecular weight excluding hydrogens is 280 g/mol. The third-order valence-electron chi connectivity index (χ3n) is 3.43. The molecule has 5 heteroatoms. The number of carbonyl (C=O) groups excluding carboxylic acids is 1. The Labute approximate surface area is 126 Å². The highest BCUT2D eigenvalue weighted by atomic mass is 16.5. The summed E-state index contributed by atoms with van der Waals surface area (Å²) in [4.78, 5) is 24.3. The van der Waals surface area contributed by atoms with Crippen LogP contribution in [0.3, 0.4) is 0 Å². The Balaban J connectivity index is 1.91. The van der Waals surface area contributed by atoms with Gasteiger partial charge in [0, 0.05) is 11.9 Å². The predicted octanol–water partition coefficient (Wildman–Crippen LogP) is 2.17. The number of aromatic nitrogens is 1. The first kappa shape index (κ1) is 13.9. The molecule has 2 aromatic carbocycles. The van der Waals surface area contributed by atoms with Gasteiger partial charge in [0.25, 0.3) is 11.5 Å². The zero-order valence-corrected chi connectivity index (χ0v) is 11.7. The second-order valence-corrected chi connectivity index (χ2v) is 4.90. The molecule has 3 aromatic rings. The molecular formula is C17H14N2O3. The van der Waals surface area contributed by atoms with Crippen LogP contribution in [-0.2, 0) is 6.54 Å². The quantitative estimate of drug-likeness (QED) is 0.727. The van der Waals surface area contributed by atoms with Gasteiger partial charge >= 0.3 is 0 Å². The predicted molar refractivity (Wildman–Crippen MR) is 83.0 cm³/mol. The molecule has 0 fully saturated rings. The Hall–Kier alpha value is -3.08. The maximum absolute atomic E-state index is 12.2. The van der Waals surface area contributed by atoms with Gasteiger partial charge in [-0.2, -0.15) is 0 Å². The largest absolute Gasteiger partial charge is 0.425 e. The number of benzene rings is 2. The van der Waals surface area contributed by atoms with E-state index in [2.05, 4.69) is 5.32 Å². The van der Waals surface area contributed by atoms with Crippen molar-refractivity contribution in [3.8, 4) is 0 Å². The van der Waals surface area contributed by atoms with E-state index in [9.17, 15) is 14.8 Å². The maximum atomic E-state index is 12.2. The van der Waals surface area contributed by atoms with E-state index in [0.717, 1.165) is 5.56 Å². The molecule has 0 aliphatic rings. The Kier molecular flexibility index (Phi) is 3.62. The monoisotopic (exact) mass is 294 g/mol. The zero-order valence-electron chi connectivity index (χ0n) is 11.7. The second-order valence-electron chi connectivity index (χ2n) is 4.90. The number of amides is 1. The van der Waals surface area contributed by atoms with Gasteiger partial charge in [0.2, 0.25) is 0 Å². The van der Waals surface area contributed by atoms with Gasteiger partial charge in [0.15, 0.2) is 0 Å². The van der Waals surface area contributed by atoms with Crippen LogP contribution in [0.2, 0.25) is 0 Å². The number of nitrogens with zero attached hydrogens (tertiary/aromatic N) is 1. The molecule has 22 heavy (non-hydrogen) atoms. The summed E-state index contributed by atoms with van der Waals surface area (Å²) in [5.41, 5.74) is 0.481. The van der Waals surface area contributed by atoms with E-state index in [0.29, 0.717) is 22.2 Å². The number of fused-ring (bicyclic) bond motifs is 1. The number of nitrogens with one attached hydrogen (secondary N) is 1. The van der Waals surface area contributed by atoms with Crippen molar-refractivity contribution in [2.45, 2.75) is 6.54 Å². The van der Waals surface area contributed by atoms with Crippen LogP contribution in [0.15, 0.2) is 65.5 Å². The van der Waals surface area contributed by atoms with Gasteiger partial charge in [0.1, 0.15) is 5.56 Å². The normalized spacial score (nSPS) is 10.5. The van der Waals surface area contributed by atoms with Crippen LogP contribution in [0.1, 0.15) is 15.9 Å². The third-order valence-corrected chi connectivity index (χ3v) is 3.43. The summed E-state index contributed by atoms with van der Waals surface area (Å²) in [7, 11) is 0. The molecule has 0 saturated carbocycles. The smallest absolute Gasteiger partial charge is 0.296 e. The highest BCUT2D eigenvalue weighted by Gasteiger charge is 2.14. The van der Waals surface area contributed by atoms with Crippen molar-refractivity contribution in [3.63, 3.8) is 0 Å². The van der Waals surface area contributed by atoms with Crippen LogP contribution in [0.4, 0.5) is 0 Å². The molecule has 1 amide bonds. The number of hydrogen-bond donors (Lipinski definition) is 2. The van der Waals surface area contributed by atoms with Crippen molar-refractivity contribution in [2.24, 2.45) is 0 Å². The molecule has 110 valence electrons. The van der Waals surface area contributed by atoms with Crippen LogP contribution in [0.25, 0.3) is 10.9 Å². The Morgan fingerprint density at radius 2 is 1.73 bits per heavy atom. The highest BCUT2D eigenvalue weighted by Crippen LogP contribution is 2.12. The van der Waals surface area contributed by atoms with Crippen LogP contribution in [-0.4, -0.2) is 15.8 Å². The number of carbonyl (C=O) groups is 1. The molecule has 1 heterocycles. The summed E-state index contributed by atoms with van der Waals surface area (Å²) in [6.07, 6.45) is 0. The lowest BCUT2D eigenvalue weighted by atomic mass is 10.1. The van der Waals surface area contributed by atoms with Crippen molar-refractivity contribution >= 4 is 16.8 Å². The third kappa shape index (κ3) is 2.56. The van der Waals surface area contributed by atoms with Gasteiger partial charge in [-0.3, -0.25) is 9.59 Å². The van der Waals surface area contributed by atoms with E-state index in [1.165, 1.54) is 6.07 Å². The molecule has 1 aromatic heterocycles. The standard InChI is InChI=1S/C17H14N2O3/c20-16(18-11-12-6-2-1-3-7-12)14-10-13-8-4-5-9-15(13)19(22)17(14)21/h1-10,22H,11H2,(H,18,20). The SMILES string of the molecule is O=C(NCc1ccccc1)c1cc2ccccc2n(O)c1=O. The summed E-state index contributed by atoms with van der Waals surface area (Å²) in [6.45, 7) is 0.317. The fourth-order valence-corrected chi connectivity index (χ4v) is 2.28. The van der Waals surface area contributed by atoms with Gasteiger partial charge < -0.3 is 10.5 Å². The van der Waals surface area contributed by atoms with E-state index in [-0.39, 0.29) is 5.56 Å². The minimum absolute atomic E-state index is 0.0860. The van der Waals surface area contributed by atoms with Crippen molar-refractivity contribution < 1.29 is 10.0 Å². The molecule has 0 unspecified atom stereocenters. The molecule has 3 rings (SSSR count). The number of pyridine rings is 1. The molecule has 0 aliphatic carbocycles. The molecule has 0 saturated heterocycles. The lowest BCUT2D eigenvalue weighted by molar-refractivity contribution is 0.0943. The highest BCUT2D eigenvalue weighted by molar-refractivity contribution is 5.97. The van der Waals surface area contributed by atoms with Crippen LogP contribution < -0.4 is 10.9 Å². The topological polar surface area (TPSA) is 71.3 Å². The van der Waals surface area contributed by atoms with E-state index in [1.807, 2.05) is 30.3 Å². The summed E-state index contributed by atoms with van der Waals surface area (Å²) < 4.78 is 0.507. The number of rotatable bonds is 3. The van der Waals surface area contributed by atoms with Gasteiger partial charge in [0.05, 0.1) is 5.52 Å². The van der Waals surface area contributed by atoms with Crippen molar-refractivity contribution in [3.05, 3.63) is 82.1 Å². The minimum atomic E-state index is -0.732. The van der Waals surface area contributed by atoms with Crippen LogP contribution in [0.5, 0.6) is 0 Å². The molecule has 0 atom stereocenters. The Morgan fingerprint density at radius 3 is 2.50 bits per heavy atom. The first-order valence-corrected chi connectivity index (χ1v) is 6.83. The lowest BCUT2D eigenvalue weighted by Gasteiger charge is -2.08. The molecule has 5 nitrogen and oxygen atoms in total. The molecule has 0 bridgehead atoms. The average Bonchev–Trinajstić information content (AvgIpc) is 2.57. The first-order valence-electron chi connectivity index (χ1n) is 6.83. The average molecular weight is 294 g/mol. The Bertz CT molecular complexity index is 885. The van der Waals surface area contributed by atoms with Gasteiger partial charge in [-0.05, 0) is 17.7 Å². The number of hydrogen-bond acceptors (Lipinski definition) is 3. The van der Waals surface area contributed by atoms with Crippen molar-refractivity contribution in [1.29, 1.82) is 0 Å². The van der Waals surface area contributed by atoms with Gasteiger partial charge in [-0.1, -0.05) is 48.5 Å². The minimum Gasteiger partial charge on any atom is -0.425 e. The van der Waals surface area contributed by atoms with E-state index in [4.69, 9.17) is 0 Å². The molecule has 0 aliphatic heterocycles. The summed E-state index contributed by atoms with van der Waals surface area (Å²) in [5, 5.41) is 13.2. The zero-order chi connectivity index (χ0) is 15.5. The fourth-order valence-electron chi connectivity index (χ4n) is 2.28. The van der Waals surface area contributed by atoms with E-state index in [1.54, 1.807) is 24.3 Å². The summed E-state index contributed by atoms with van der Waals surface area (Å²) >= 11 is 0. The fraction of sp³-hybridized carbons (Fsp3) is 0.0588. The summed E-state index contributed by atoms with van der Waals surface area (Å²) in [5.74, 6) is -0.512. The Morgan fingerprint density at radius 1 is 1.05 bits per heavy atom. The van der Waals surface area contributed by atoms with Crippen molar-refractivity contribution in [1.82, 2.24) is 10.0 Å². The van der Waals surface area contributed by atoms with Crippen LogP contribution >= 0.6 is 0 Å². The van der Waals surface area contributed by atoms with E-state index >= 15 is 0 Å². The van der Waals surface area contributed by atoms with Crippen LogP contribution in [0, 0.1) is 0 Å². The lowest BCUT2D eigenvalue weighted by Crippen LogP contribution is -2.32. The first-order chi connectivity index (χ1) is 10.7. The van der Waals surface area contributed by atoms with Crippen molar-refractivity contribution in [2.75, 3.05) is 0 Å². The molecule has 0 spiro atoms. The number of para-hydroxylation sites is 1. The van der Waals surface area contributed by atoms with Gasteiger partial charge in [-0.15, -0.1) is 4.73 Å². The molecule has 0 radical (unpaired) electrons. The van der Waals surface area contributed by atoms with Gasteiger partial charge in [-0.25, -0.2) is 0 Å². The molecule has 2 N–H and O–H groups in total. The maximum Gasteiger partial charge on any atom is 0.296 e. The summed E-state index contributed by atoms with van der Waals surface area (Å²) in [6, 6.07) is 17.7. The van der Waals surface area contributed by atoms with E-state index < -0.39 is 11.5 Å². The second kappa shape index (κ2) is 5.73.